The van der Waals surface area contributed by atoms with Crippen molar-refractivity contribution in [1.29, 1.82) is 0 Å². The summed E-state index contributed by atoms with van der Waals surface area (Å²) >= 11 is 0. The summed E-state index contributed by atoms with van der Waals surface area (Å²) in [4.78, 5) is 12.1. The number of aryl methyl sites for hydroxylation is 1. The molecule has 1 saturated carbocycles. The molecule has 1 aliphatic carbocycles. The zero-order chi connectivity index (χ0) is 16.5. The van der Waals surface area contributed by atoms with Crippen molar-refractivity contribution in [3.05, 3.63) is 35.4 Å². The molecule has 0 aliphatic heterocycles. The lowest BCUT2D eigenvalue weighted by Crippen LogP contribution is -2.39. The summed E-state index contributed by atoms with van der Waals surface area (Å²) in [6.45, 7) is 3.69. The van der Waals surface area contributed by atoms with Gasteiger partial charge < -0.3 is 11.1 Å². The van der Waals surface area contributed by atoms with Gasteiger partial charge in [0.15, 0.2) is 0 Å². The van der Waals surface area contributed by atoms with Crippen molar-refractivity contribution >= 4 is 18.3 Å². The van der Waals surface area contributed by atoms with Gasteiger partial charge in [0.25, 0.3) is 0 Å². The summed E-state index contributed by atoms with van der Waals surface area (Å²) in [5, 5.41) is 3.21. The van der Waals surface area contributed by atoms with Gasteiger partial charge in [0.05, 0.1) is 0 Å². The number of hydrogen-bond donors (Lipinski definition) is 2. The van der Waals surface area contributed by atoms with Crippen LogP contribution < -0.4 is 11.1 Å². The summed E-state index contributed by atoms with van der Waals surface area (Å²) in [6, 6.07) is 8.82. The fourth-order valence-corrected chi connectivity index (χ4v) is 3.73. The van der Waals surface area contributed by atoms with Crippen molar-refractivity contribution in [3.63, 3.8) is 0 Å². The number of carbonyl (C=O) groups is 1. The fraction of sp³-hybridized carbons (Fsp3) is 0.650. The Morgan fingerprint density at radius 3 is 2.54 bits per heavy atom. The van der Waals surface area contributed by atoms with Gasteiger partial charge in [-0.15, -0.1) is 12.4 Å². The highest BCUT2D eigenvalue weighted by atomic mass is 35.5. The van der Waals surface area contributed by atoms with Gasteiger partial charge in [0.1, 0.15) is 0 Å². The standard InChI is InChI=1S/C20H32N2O.ClH/c1-17-9-8-10-18(15-17)20(12-5-6-13-20)16-22-19(23)11-4-2-3-7-14-21;/h8-10,15H,2-7,11-14,16,21H2,1H3,(H,22,23);1H. The average Bonchev–Trinajstić information content (AvgIpc) is 3.03. The maximum absolute atomic E-state index is 12.1. The van der Waals surface area contributed by atoms with Crippen molar-refractivity contribution in [2.24, 2.45) is 5.73 Å². The van der Waals surface area contributed by atoms with E-state index in [1.54, 1.807) is 0 Å². The van der Waals surface area contributed by atoms with E-state index in [1.807, 2.05) is 0 Å². The van der Waals surface area contributed by atoms with E-state index in [0.717, 1.165) is 38.8 Å². The molecule has 0 aromatic heterocycles. The highest BCUT2D eigenvalue weighted by Crippen LogP contribution is 2.40. The summed E-state index contributed by atoms with van der Waals surface area (Å²) < 4.78 is 0. The third-order valence-electron chi connectivity index (χ3n) is 5.17. The summed E-state index contributed by atoms with van der Waals surface area (Å²) in [7, 11) is 0. The first kappa shape index (κ1) is 21.0. The topological polar surface area (TPSA) is 55.1 Å². The van der Waals surface area contributed by atoms with Crippen LogP contribution in [0.5, 0.6) is 0 Å². The lowest BCUT2D eigenvalue weighted by atomic mass is 9.78. The van der Waals surface area contributed by atoms with E-state index in [4.69, 9.17) is 5.73 Å². The molecule has 3 nitrogen and oxygen atoms in total. The van der Waals surface area contributed by atoms with Crippen LogP contribution in [0, 0.1) is 6.92 Å². The molecule has 0 saturated heterocycles. The van der Waals surface area contributed by atoms with E-state index < -0.39 is 0 Å². The molecule has 0 unspecified atom stereocenters. The first-order valence-electron chi connectivity index (χ1n) is 9.20. The van der Waals surface area contributed by atoms with Gasteiger partial charge in [-0.3, -0.25) is 4.79 Å². The van der Waals surface area contributed by atoms with Crippen molar-refractivity contribution < 1.29 is 4.79 Å². The Kier molecular flexibility index (Phi) is 9.38. The van der Waals surface area contributed by atoms with Crippen LogP contribution >= 0.6 is 12.4 Å². The van der Waals surface area contributed by atoms with E-state index in [0.29, 0.717) is 6.42 Å². The Balaban J connectivity index is 0.00000288. The maximum Gasteiger partial charge on any atom is 0.220 e. The SMILES string of the molecule is Cc1cccc(C2(CNC(=O)CCCCCCN)CCCC2)c1.Cl. The Labute approximate surface area is 153 Å². The van der Waals surface area contributed by atoms with E-state index in [-0.39, 0.29) is 23.7 Å². The number of nitrogens with one attached hydrogen (secondary N) is 1. The van der Waals surface area contributed by atoms with Gasteiger partial charge in [-0.1, -0.05) is 55.5 Å². The molecule has 136 valence electrons. The first-order chi connectivity index (χ1) is 11.2. The summed E-state index contributed by atoms with van der Waals surface area (Å²) in [5.74, 6) is 0.205. The molecular formula is C20H33ClN2O. The zero-order valence-electron chi connectivity index (χ0n) is 15.0. The molecule has 1 aromatic carbocycles. The maximum atomic E-state index is 12.1. The van der Waals surface area contributed by atoms with Gasteiger partial charge in [0.2, 0.25) is 5.91 Å². The summed E-state index contributed by atoms with van der Waals surface area (Å²) in [6.07, 6.45) is 9.84. The van der Waals surface area contributed by atoms with E-state index in [2.05, 4.69) is 36.5 Å². The van der Waals surface area contributed by atoms with Gasteiger partial charge in [-0.2, -0.15) is 0 Å². The number of benzene rings is 1. The third-order valence-corrected chi connectivity index (χ3v) is 5.17. The van der Waals surface area contributed by atoms with Crippen LogP contribution in [0.3, 0.4) is 0 Å². The molecule has 2 rings (SSSR count). The lowest BCUT2D eigenvalue weighted by Gasteiger charge is -2.30. The Bertz CT molecular complexity index is 498. The summed E-state index contributed by atoms with van der Waals surface area (Å²) in [5.41, 5.74) is 8.35. The van der Waals surface area contributed by atoms with Crippen molar-refractivity contribution in [2.45, 2.75) is 70.1 Å². The number of amides is 1. The fourth-order valence-electron chi connectivity index (χ4n) is 3.73. The van der Waals surface area contributed by atoms with E-state index >= 15 is 0 Å². The molecule has 0 heterocycles. The predicted octanol–water partition coefficient (Wildman–Crippen LogP) is 4.25. The number of hydrogen-bond acceptors (Lipinski definition) is 2. The minimum absolute atomic E-state index is 0. The molecule has 0 bridgehead atoms. The molecule has 4 heteroatoms. The molecule has 1 amide bonds. The number of unbranched alkanes of at least 4 members (excludes halogenated alkanes) is 3. The lowest BCUT2D eigenvalue weighted by molar-refractivity contribution is -0.121. The number of halogens is 1. The second-order valence-electron chi connectivity index (χ2n) is 7.09. The van der Waals surface area contributed by atoms with Crippen molar-refractivity contribution in [2.75, 3.05) is 13.1 Å². The highest BCUT2D eigenvalue weighted by Gasteiger charge is 2.35. The molecule has 24 heavy (non-hydrogen) atoms. The van der Waals surface area contributed by atoms with Crippen LogP contribution in [0.15, 0.2) is 24.3 Å². The first-order valence-corrected chi connectivity index (χ1v) is 9.20. The van der Waals surface area contributed by atoms with Crippen LogP contribution in [0.4, 0.5) is 0 Å². The minimum atomic E-state index is 0. The number of rotatable bonds is 9. The average molecular weight is 353 g/mol. The van der Waals surface area contributed by atoms with Crippen LogP contribution in [0.1, 0.15) is 68.9 Å². The second kappa shape index (κ2) is 10.7. The van der Waals surface area contributed by atoms with Gasteiger partial charge in [-0.25, -0.2) is 0 Å². The Hall–Kier alpha value is -1.06. The second-order valence-corrected chi connectivity index (χ2v) is 7.09. The Morgan fingerprint density at radius 1 is 1.17 bits per heavy atom. The van der Waals surface area contributed by atoms with Crippen LogP contribution in [0.25, 0.3) is 0 Å². The molecule has 0 radical (unpaired) electrons. The predicted molar refractivity (Wildman–Crippen MR) is 104 cm³/mol. The molecule has 3 N–H and O–H groups in total. The monoisotopic (exact) mass is 352 g/mol. The quantitative estimate of drug-likeness (QED) is 0.652. The minimum Gasteiger partial charge on any atom is -0.355 e. The van der Waals surface area contributed by atoms with Gasteiger partial charge in [0, 0.05) is 18.4 Å². The normalized spacial score (nSPS) is 15.8. The molecule has 1 aromatic rings. The van der Waals surface area contributed by atoms with Crippen molar-refractivity contribution in [3.8, 4) is 0 Å². The molecule has 1 aliphatic rings. The highest BCUT2D eigenvalue weighted by molar-refractivity contribution is 5.85. The third kappa shape index (κ3) is 6.10. The van der Waals surface area contributed by atoms with Crippen LogP contribution in [-0.4, -0.2) is 19.0 Å². The molecule has 0 spiro atoms. The number of carbonyl (C=O) groups excluding carboxylic acids is 1. The van der Waals surface area contributed by atoms with Gasteiger partial charge >= 0.3 is 0 Å². The van der Waals surface area contributed by atoms with Crippen LogP contribution in [-0.2, 0) is 10.2 Å². The number of nitrogens with two attached hydrogens (primary N) is 1. The molecular weight excluding hydrogens is 320 g/mol. The molecule has 1 fully saturated rings. The van der Waals surface area contributed by atoms with E-state index in [9.17, 15) is 4.79 Å². The van der Waals surface area contributed by atoms with E-state index in [1.165, 1.54) is 36.8 Å². The van der Waals surface area contributed by atoms with Gasteiger partial charge in [-0.05, 0) is 44.7 Å². The molecule has 0 atom stereocenters. The largest absolute Gasteiger partial charge is 0.355 e. The van der Waals surface area contributed by atoms with Crippen LogP contribution in [0.2, 0.25) is 0 Å². The smallest absolute Gasteiger partial charge is 0.220 e. The Morgan fingerprint density at radius 2 is 1.88 bits per heavy atom. The van der Waals surface area contributed by atoms with Crippen molar-refractivity contribution in [1.82, 2.24) is 5.32 Å². The zero-order valence-corrected chi connectivity index (χ0v) is 15.8.